The second-order valence-electron chi connectivity index (χ2n) is 6.78. The third-order valence-electron chi connectivity index (χ3n) is 2.47. The van der Waals surface area contributed by atoms with Crippen LogP contribution in [0.1, 0.15) is 51.9 Å². The van der Waals surface area contributed by atoms with E-state index in [0.29, 0.717) is 11.3 Å². The van der Waals surface area contributed by atoms with Crippen LogP contribution in [0.25, 0.3) is 0 Å². The molecule has 0 aliphatic carbocycles. The minimum absolute atomic E-state index is 0.0707. The summed E-state index contributed by atoms with van der Waals surface area (Å²) in [6, 6.07) is 6.81. The maximum atomic E-state index is 12.1. The van der Waals surface area contributed by atoms with Gasteiger partial charge in [-0.1, -0.05) is 20.8 Å². The molecule has 0 aliphatic heterocycles. The first kappa shape index (κ1) is 16.2. The van der Waals surface area contributed by atoms with E-state index >= 15 is 0 Å². The maximum Gasteiger partial charge on any atom is 0.412 e. The molecule has 0 fully saturated rings. The van der Waals surface area contributed by atoms with Crippen LogP contribution >= 0.6 is 0 Å². The molecule has 1 aromatic rings. The molecule has 0 aliphatic rings. The topological polar surface area (TPSA) is 55.4 Å². The lowest BCUT2D eigenvalue weighted by Crippen LogP contribution is -2.27. The van der Waals surface area contributed by atoms with Gasteiger partial charge in [-0.3, -0.25) is 10.1 Å². The van der Waals surface area contributed by atoms with Crippen LogP contribution in [-0.2, 0) is 4.74 Å². The van der Waals surface area contributed by atoms with E-state index in [4.69, 9.17) is 4.74 Å². The second kappa shape index (κ2) is 5.65. The molecule has 0 saturated carbocycles. The highest BCUT2D eigenvalue weighted by Gasteiger charge is 2.22. The lowest BCUT2D eigenvalue weighted by molar-refractivity contribution is 0.0636. The summed E-state index contributed by atoms with van der Waals surface area (Å²) in [5.41, 5.74) is 0.281. The van der Waals surface area contributed by atoms with Gasteiger partial charge in [0.25, 0.3) is 0 Å². The smallest absolute Gasteiger partial charge is 0.412 e. The summed E-state index contributed by atoms with van der Waals surface area (Å²) in [6.07, 6.45) is -0.507. The van der Waals surface area contributed by atoms with Crippen molar-refractivity contribution >= 4 is 17.6 Å². The number of ether oxygens (including phenoxy) is 1. The van der Waals surface area contributed by atoms with E-state index < -0.39 is 17.1 Å². The Morgan fingerprint density at radius 1 is 0.950 bits per heavy atom. The Balaban J connectivity index is 2.73. The summed E-state index contributed by atoms with van der Waals surface area (Å²) in [6.45, 7) is 11.0. The first-order valence-corrected chi connectivity index (χ1v) is 6.64. The number of amides is 1. The molecule has 0 saturated heterocycles. The van der Waals surface area contributed by atoms with E-state index in [1.54, 1.807) is 45.0 Å². The molecule has 0 bridgehead atoms. The standard InChI is InChI=1S/C16H23NO3/c1-15(2,3)13(18)11-7-9-12(10-8-11)17-14(19)20-16(4,5)6/h7-10H,1-6H3,(H,17,19). The number of hydrogen-bond acceptors (Lipinski definition) is 3. The molecular weight excluding hydrogens is 254 g/mol. The van der Waals surface area contributed by atoms with Crippen LogP contribution in [-0.4, -0.2) is 17.5 Å². The van der Waals surface area contributed by atoms with Crippen LogP contribution < -0.4 is 5.32 Å². The summed E-state index contributed by atoms with van der Waals surface area (Å²) >= 11 is 0. The minimum atomic E-state index is -0.535. The first-order valence-electron chi connectivity index (χ1n) is 6.64. The SMILES string of the molecule is CC(C)(C)OC(=O)Nc1ccc(C(=O)C(C)(C)C)cc1. The second-order valence-corrected chi connectivity index (χ2v) is 6.78. The van der Waals surface area contributed by atoms with Crippen molar-refractivity contribution in [1.82, 2.24) is 0 Å². The number of carbonyl (C=O) groups excluding carboxylic acids is 2. The van der Waals surface area contributed by atoms with Crippen LogP contribution in [0.5, 0.6) is 0 Å². The third-order valence-corrected chi connectivity index (χ3v) is 2.47. The van der Waals surface area contributed by atoms with Gasteiger partial charge < -0.3 is 4.74 Å². The fourth-order valence-electron chi connectivity index (χ4n) is 1.56. The van der Waals surface area contributed by atoms with Gasteiger partial charge in [0.05, 0.1) is 0 Å². The van der Waals surface area contributed by atoms with E-state index in [1.165, 1.54) is 0 Å². The van der Waals surface area contributed by atoms with Crippen LogP contribution in [0.2, 0.25) is 0 Å². The summed E-state index contributed by atoms with van der Waals surface area (Å²) in [5.74, 6) is 0.0707. The van der Waals surface area contributed by atoms with Crippen LogP contribution in [0.15, 0.2) is 24.3 Å². The Kier molecular flexibility index (Phi) is 4.58. The van der Waals surface area contributed by atoms with E-state index in [9.17, 15) is 9.59 Å². The number of hydrogen-bond donors (Lipinski definition) is 1. The fraction of sp³-hybridized carbons (Fsp3) is 0.500. The van der Waals surface area contributed by atoms with Crippen molar-refractivity contribution in [1.29, 1.82) is 0 Å². The number of rotatable bonds is 2. The van der Waals surface area contributed by atoms with Crippen LogP contribution in [0, 0.1) is 5.41 Å². The number of anilines is 1. The molecular formula is C16H23NO3. The van der Waals surface area contributed by atoms with Crippen LogP contribution in [0.3, 0.4) is 0 Å². The fourth-order valence-corrected chi connectivity index (χ4v) is 1.56. The summed E-state index contributed by atoms with van der Waals surface area (Å²) in [4.78, 5) is 23.7. The van der Waals surface area contributed by atoms with E-state index in [2.05, 4.69) is 5.32 Å². The van der Waals surface area contributed by atoms with Gasteiger partial charge in [-0.25, -0.2) is 4.79 Å². The average Bonchev–Trinajstić information content (AvgIpc) is 2.25. The molecule has 4 nitrogen and oxygen atoms in total. The first-order chi connectivity index (χ1) is 8.99. The van der Waals surface area contributed by atoms with Gasteiger partial charge in [0, 0.05) is 16.7 Å². The van der Waals surface area contributed by atoms with Crippen molar-refractivity contribution in [2.45, 2.75) is 47.1 Å². The highest BCUT2D eigenvalue weighted by atomic mass is 16.6. The molecule has 1 N–H and O–H groups in total. The van der Waals surface area contributed by atoms with Crippen molar-refractivity contribution in [3.63, 3.8) is 0 Å². The van der Waals surface area contributed by atoms with E-state index in [0.717, 1.165) is 0 Å². The zero-order chi connectivity index (χ0) is 15.6. The normalized spacial score (nSPS) is 11.9. The average molecular weight is 277 g/mol. The molecule has 0 atom stereocenters. The van der Waals surface area contributed by atoms with Gasteiger partial charge in [-0.15, -0.1) is 0 Å². The van der Waals surface area contributed by atoms with Gasteiger partial charge >= 0.3 is 6.09 Å². The Hall–Kier alpha value is -1.84. The monoisotopic (exact) mass is 277 g/mol. The molecule has 20 heavy (non-hydrogen) atoms. The number of benzene rings is 1. The Morgan fingerprint density at radius 3 is 1.85 bits per heavy atom. The molecule has 1 rings (SSSR count). The molecule has 0 unspecified atom stereocenters. The summed E-state index contributed by atoms with van der Waals surface area (Å²) in [7, 11) is 0. The molecule has 0 radical (unpaired) electrons. The molecule has 1 aromatic carbocycles. The van der Waals surface area contributed by atoms with Gasteiger partial charge in [0.15, 0.2) is 5.78 Å². The van der Waals surface area contributed by atoms with Gasteiger partial charge in [0.2, 0.25) is 0 Å². The van der Waals surface area contributed by atoms with Crippen molar-refractivity contribution in [3.8, 4) is 0 Å². The summed E-state index contributed by atoms with van der Waals surface area (Å²) < 4.78 is 5.16. The Bertz CT molecular complexity index is 490. The Morgan fingerprint density at radius 2 is 1.45 bits per heavy atom. The Labute approximate surface area is 120 Å². The van der Waals surface area contributed by atoms with Crippen molar-refractivity contribution < 1.29 is 14.3 Å². The molecule has 0 aromatic heterocycles. The predicted octanol–water partition coefficient (Wildman–Crippen LogP) is 4.26. The highest BCUT2D eigenvalue weighted by molar-refractivity contribution is 6.00. The van der Waals surface area contributed by atoms with E-state index in [-0.39, 0.29) is 5.78 Å². The number of nitrogens with one attached hydrogen (secondary N) is 1. The molecule has 0 heterocycles. The number of carbonyl (C=O) groups is 2. The third kappa shape index (κ3) is 5.03. The van der Waals surface area contributed by atoms with Gasteiger partial charge in [0.1, 0.15) is 5.60 Å². The molecule has 4 heteroatoms. The lowest BCUT2D eigenvalue weighted by atomic mass is 9.86. The van der Waals surface area contributed by atoms with E-state index in [1.807, 2.05) is 20.8 Å². The van der Waals surface area contributed by atoms with Gasteiger partial charge in [-0.05, 0) is 45.0 Å². The summed E-state index contributed by atoms with van der Waals surface area (Å²) in [5, 5.41) is 2.63. The zero-order valence-electron chi connectivity index (χ0n) is 13.0. The lowest BCUT2D eigenvalue weighted by Gasteiger charge is -2.20. The van der Waals surface area contributed by atoms with Crippen LogP contribution in [0.4, 0.5) is 10.5 Å². The quantitative estimate of drug-likeness (QED) is 0.822. The maximum absolute atomic E-state index is 12.1. The molecule has 0 spiro atoms. The minimum Gasteiger partial charge on any atom is -0.444 e. The molecule has 1 amide bonds. The highest BCUT2D eigenvalue weighted by Crippen LogP contribution is 2.22. The van der Waals surface area contributed by atoms with Crippen molar-refractivity contribution in [2.75, 3.05) is 5.32 Å². The number of ketones is 1. The number of Topliss-reactive ketones (excluding diaryl/α,β-unsaturated/α-hetero) is 1. The van der Waals surface area contributed by atoms with Gasteiger partial charge in [-0.2, -0.15) is 0 Å². The molecule has 110 valence electrons. The van der Waals surface area contributed by atoms with Crippen molar-refractivity contribution in [2.24, 2.45) is 5.41 Å². The predicted molar refractivity (Wildman–Crippen MR) is 80.1 cm³/mol. The largest absolute Gasteiger partial charge is 0.444 e. The van der Waals surface area contributed by atoms with Crippen molar-refractivity contribution in [3.05, 3.63) is 29.8 Å². The zero-order valence-corrected chi connectivity index (χ0v) is 13.0.